The van der Waals surface area contributed by atoms with E-state index in [0.717, 1.165) is 31.4 Å². The van der Waals surface area contributed by atoms with Crippen LogP contribution in [0.3, 0.4) is 0 Å². The number of rotatable bonds is 4. The summed E-state index contributed by atoms with van der Waals surface area (Å²) in [4.78, 5) is 0. The lowest BCUT2D eigenvalue weighted by molar-refractivity contribution is 0.420. The van der Waals surface area contributed by atoms with Gasteiger partial charge in [0.05, 0.1) is 0 Å². The van der Waals surface area contributed by atoms with E-state index in [9.17, 15) is 5.11 Å². The summed E-state index contributed by atoms with van der Waals surface area (Å²) in [5.74, 6) is 0.212. The van der Waals surface area contributed by atoms with Crippen LogP contribution in [0.25, 0.3) is 0 Å². The average molecular weight is 224 g/mol. The first-order valence-corrected chi connectivity index (χ1v) is 6.20. The van der Waals surface area contributed by atoms with E-state index in [1.807, 2.05) is 4.68 Å². The van der Waals surface area contributed by atoms with Gasteiger partial charge in [-0.15, -0.1) is 5.10 Å². The van der Waals surface area contributed by atoms with E-state index in [1.165, 1.54) is 5.69 Å². The van der Waals surface area contributed by atoms with E-state index in [2.05, 4.69) is 39.7 Å². The van der Waals surface area contributed by atoms with Gasteiger partial charge in [0.15, 0.2) is 0 Å². The fourth-order valence-corrected chi connectivity index (χ4v) is 2.14. The molecule has 0 bridgehead atoms. The molecule has 1 aromatic heterocycles. The molecule has 0 aliphatic heterocycles. The Morgan fingerprint density at radius 1 is 1.19 bits per heavy atom. The van der Waals surface area contributed by atoms with Crippen molar-refractivity contribution in [1.29, 1.82) is 0 Å². The lowest BCUT2D eigenvalue weighted by Gasteiger charge is -2.19. The zero-order valence-corrected chi connectivity index (χ0v) is 11.2. The van der Waals surface area contributed by atoms with Gasteiger partial charge in [-0.2, -0.15) is 0 Å². The molecule has 0 spiro atoms. The number of hydrogen-bond acceptors (Lipinski definition) is 2. The average Bonchev–Trinajstić information content (AvgIpc) is 2.43. The number of aromatic hydroxyl groups is 1. The maximum Gasteiger partial charge on any atom is 0.234 e. The topological polar surface area (TPSA) is 38.1 Å². The zero-order valence-electron chi connectivity index (χ0n) is 11.2. The summed E-state index contributed by atoms with van der Waals surface area (Å²) < 4.78 is 1.97. The van der Waals surface area contributed by atoms with Crippen molar-refractivity contribution >= 4 is 0 Å². The molecule has 0 unspecified atom stereocenters. The predicted molar refractivity (Wildman–Crippen MR) is 66.9 cm³/mol. The van der Waals surface area contributed by atoms with Gasteiger partial charge in [0, 0.05) is 17.8 Å². The summed E-state index contributed by atoms with van der Waals surface area (Å²) in [6, 6.07) is 0. The van der Waals surface area contributed by atoms with Gasteiger partial charge in [0.2, 0.25) is 5.88 Å². The molecule has 1 aromatic rings. The van der Waals surface area contributed by atoms with Crippen molar-refractivity contribution in [2.75, 3.05) is 0 Å². The van der Waals surface area contributed by atoms with E-state index < -0.39 is 0 Å². The van der Waals surface area contributed by atoms with E-state index in [1.54, 1.807) is 0 Å². The Bertz CT molecular complexity index is 348. The highest BCUT2D eigenvalue weighted by Gasteiger charge is 2.26. The van der Waals surface area contributed by atoms with Gasteiger partial charge < -0.3 is 5.11 Å². The highest BCUT2D eigenvalue weighted by molar-refractivity contribution is 5.36. The van der Waals surface area contributed by atoms with Gasteiger partial charge in [-0.3, -0.25) is 4.68 Å². The fraction of sp³-hybridized carbons (Fsp3) is 0.769. The van der Waals surface area contributed by atoms with E-state index in [-0.39, 0.29) is 11.3 Å². The van der Waals surface area contributed by atoms with Crippen LogP contribution in [0.5, 0.6) is 5.88 Å². The molecule has 0 saturated carbocycles. The third-order valence-corrected chi connectivity index (χ3v) is 2.71. The van der Waals surface area contributed by atoms with Gasteiger partial charge in [0.25, 0.3) is 0 Å². The summed E-state index contributed by atoms with van der Waals surface area (Å²) >= 11 is 0. The van der Waals surface area contributed by atoms with Crippen molar-refractivity contribution in [1.82, 2.24) is 9.78 Å². The molecule has 0 aliphatic carbocycles. The van der Waals surface area contributed by atoms with Crippen molar-refractivity contribution in [3.8, 4) is 5.88 Å². The van der Waals surface area contributed by atoms with Gasteiger partial charge in [-0.25, -0.2) is 0 Å². The molecule has 3 nitrogen and oxygen atoms in total. The lowest BCUT2D eigenvalue weighted by atomic mass is 9.86. The Morgan fingerprint density at radius 3 is 2.25 bits per heavy atom. The first-order valence-electron chi connectivity index (χ1n) is 6.20. The third kappa shape index (κ3) is 2.57. The second-order valence-corrected chi connectivity index (χ2v) is 5.37. The molecule has 1 heterocycles. The minimum absolute atomic E-state index is 0.0411. The molecule has 0 aliphatic rings. The molecule has 1 rings (SSSR count). The molecule has 3 heteroatoms. The molecule has 1 N–H and O–H groups in total. The lowest BCUT2D eigenvalue weighted by Crippen LogP contribution is -2.15. The summed E-state index contributed by atoms with van der Waals surface area (Å²) in [6.07, 6.45) is 3.11. The normalized spacial score (nSPS) is 12.1. The molecular weight excluding hydrogens is 200 g/mol. The Labute approximate surface area is 98.5 Å². The second-order valence-electron chi connectivity index (χ2n) is 5.37. The Balaban J connectivity index is 3.24. The van der Waals surface area contributed by atoms with Gasteiger partial charge in [-0.1, -0.05) is 41.0 Å². The number of aromatic nitrogens is 2. The van der Waals surface area contributed by atoms with Crippen molar-refractivity contribution < 1.29 is 5.11 Å². The second kappa shape index (κ2) is 4.89. The number of nitrogens with zero attached hydrogens (tertiary/aromatic N) is 2. The zero-order chi connectivity index (χ0) is 12.3. The summed E-state index contributed by atoms with van der Waals surface area (Å²) in [6.45, 7) is 11.6. The van der Waals surface area contributed by atoms with Crippen molar-refractivity contribution in [3.05, 3.63) is 11.3 Å². The van der Waals surface area contributed by atoms with Crippen molar-refractivity contribution in [3.63, 3.8) is 0 Å². The molecule has 0 radical (unpaired) electrons. The van der Waals surface area contributed by atoms with Crippen LogP contribution in [-0.4, -0.2) is 14.9 Å². The van der Waals surface area contributed by atoms with E-state index in [4.69, 9.17) is 0 Å². The van der Waals surface area contributed by atoms with Crippen LogP contribution in [0.15, 0.2) is 0 Å². The molecule has 0 fully saturated rings. The number of hydrogen-bond donors (Lipinski definition) is 1. The van der Waals surface area contributed by atoms with Crippen LogP contribution in [0.2, 0.25) is 0 Å². The van der Waals surface area contributed by atoms with Crippen LogP contribution in [0.1, 0.15) is 58.7 Å². The van der Waals surface area contributed by atoms with Crippen LogP contribution in [0, 0.1) is 0 Å². The van der Waals surface area contributed by atoms with Crippen LogP contribution < -0.4 is 0 Å². The molecule has 0 amide bonds. The maximum absolute atomic E-state index is 9.97. The monoisotopic (exact) mass is 224 g/mol. The summed E-state index contributed by atoms with van der Waals surface area (Å²) in [5, 5.41) is 14.2. The van der Waals surface area contributed by atoms with Crippen LogP contribution in [-0.2, 0) is 18.4 Å². The Kier molecular flexibility index (Phi) is 4.00. The molecule has 0 atom stereocenters. The predicted octanol–water partition coefficient (Wildman–Crippen LogP) is 3.25. The Morgan fingerprint density at radius 2 is 1.81 bits per heavy atom. The van der Waals surface area contributed by atoms with Gasteiger partial charge >= 0.3 is 0 Å². The summed E-state index contributed by atoms with van der Waals surface area (Å²) in [5.41, 5.74) is 2.18. The van der Waals surface area contributed by atoms with Crippen molar-refractivity contribution in [2.45, 2.75) is 65.8 Å². The molecule has 0 saturated heterocycles. The minimum Gasteiger partial charge on any atom is -0.492 e. The number of aryl methyl sites for hydroxylation is 1. The third-order valence-electron chi connectivity index (χ3n) is 2.71. The largest absolute Gasteiger partial charge is 0.492 e. The quantitative estimate of drug-likeness (QED) is 0.852. The van der Waals surface area contributed by atoms with Crippen molar-refractivity contribution in [2.24, 2.45) is 0 Å². The highest BCUT2D eigenvalue weighted by atomic mass is 16.3. The SMILES string of the molecule is CCCc1c(C(C)(C)C)c(O)nn1CCC. The fourth-order valence-electron chi connectivity index (χ4n) is 2.14. The highest BCUT2D eigenvalue weighted by Crippen LogP contribution is 2.33. The summed E-state index contributed by atoms with van der Waals surface area (Å²) in [7, 11) is 0. The molecular formula is C13H24N2O. The standard InChI is InChI=1S/C13H24N2O/c1-6-8-10-11(13(3,4)5)12(16)14-15(10)9-7-2/h6-9H2,1-5H3,(H,14,16). The van der Waals surface area contributed by atoms with Gasteiger partial charge in [0.1, 0.15) is 0 Å². The smallest absolute Gasteiger partial charge is 0.234 e. The molecule has 0 aromatic carbocycles. The minimum atomic E-state index is -0.0411. The first-order chi connectivity index (χ1) is 7.41. The van der Waals surface area contributed by atoms with E-state index >= 15 is 0 Å². The first kappa shape index (κ1) is 13.1. The maximum atomic E-state index is 9.97. The Hall–Kier alpha value is -0.990. The van der Waals surface area contributed by atoms with Crippen LogP contribution in [0.4, 0.5) is 0 Å². The molecule has 16 heavy (non-hydrogen) atoms. The van der Waals surface area contributed by atoms with Gasteiger partial charge in [-0.05, 0) is 18.3 Å². The molecule has 92 valence electrons. The van der Waals surface area contributed by atoms with Crippen LogP contribution >= 0.6 is 0 Å². The van der Waals surface area contributed by atoms with E-state index in [0.29, 0.717) is 0 Å².